The molecule has 0 saturated heterocycles. The SMILES string of the molecule is O=C1OCCCOC(=O)c2ccc1cc2.O=C1OCCOC(=O)c2ccc1cc2. The van der Waals surface area contributed by atoms with Gasteiger partial charge >= 0.3 is 23.9 Å². The number of carbonyl (C=O) groups excluding carboxylic acids is 4. The first-order chi connectivity index (χ1) is 14.0. The van der Waals surface area contributed by atoms with Crippen LogP contribution in [0.2, 0.25) is 0 Å². The van der Waals surface area contributed by atoms with E-state index in [2.05, 4.69) is 0 Å². The van der Waals surface area contributed by atoms with Crippen molar-refractivity contribution in [2.45, 2.75) is 6.42 Å². The van der Waals surface area contributed by atoms with Gasteiger partial charge in [0.15, 0.2) is 0 Å². The Morgan fingerprint density at radius 2 is 0.655 bits per heavy atom. The topological polar surface area (TPSA) is 105 Å². The van der Waals surface area contributed by atoms with E-state index in [0.29, 0.717) is 28.7 Å². The molecule has 0 aromatic heterocycles. The summed E-state index contributed by atoms with van der Waals surface area (Å²) in [6, 6.07) is 12.4. The Morgan fingerprint density at radius 3 is 0.931 bits per heavy atom. The highest BCUT2D eigenvalue weighted by molar-refractivity contribution is 5.94. The van der Waals surface area contributed by atoms with Gasteiger partial charge in [-0.1, -0.05) is 0 Å². The summed E-state index contributed by atoms with van der Waals surface area (Å²) >= 11 is 0. The first kappa shape index (κ1) is 20.1. The van der Waals surface area contributed by atoms with Crippen LogP contribution in [0.5, 0.6) is 0 Å². The maximum absolute atomic E-state index is 11.4. The van der Waals surface area contributed by atoms with Crippen LogP contribution in [0.1, 0.15) is 47.9 Å². The summed E-state index contributed by atoms with van der Waals surface area (Å²) < 4.78 is 19.6. The van der Waals surface area contributed by atoms with Crippen molar-refractivity contribution in [2.75, 3.05) is 26.4 Å². The Morgan fingerprint density at radius 1 is 0.414 bits per heavy atom. The fraction of sp³-hybridized carbons (Fsp3) is 0.238. The highest BCUT2D eigenvalue weighted by Gasteiger charge is 2.14. The van der Waals surface area contributed by atoms with Crippen LogP contribution < -0.4 is 0 Å². The predicted molar refractivity (Wildman–Crippen MR) is 98.6 cm³/mol. The van der Waals surface area contributed by atoms with E-state index < -0.39 is 11.9 Å². The molecular weight excluding hydrogens is 380 g/mol. The Balaban J connectivity index is 0.000000166. The van der Waals surface area contributed by atoms with Gasteiger partial charge in [-0.15, -0.1) is 0 Å². The van der Waals surface area contributed by atoms with E-state index in [0.717, 1.165) is 0 Å². The van der Waals surface area contributed by atoms with Crippen LogP contribution in [0.3, 0.4) is 0 Å². The van der Waals surface area contributed by atoms with E-state index in [1.54, 1.807) is 48.5 Å². The third kappa shape index (κ3) is 5.41. The van der Waals surface area contributed by atoms with Crippen molar-refractivity contribution in [3.8, 4) is 0 Å². The summed E-state index contributed by atoms with van der Waals surface area (Å²) in [6.07, 6.45) is 0.526. The van der Waals surface area contributed by atoms with Gasteiger partial charge in [-0.2, -0.15) is 0 Å². The minimum atomic E-state index is -0.394. The highest BCUT2D eigenvalue weighted by atomic mass is 16.6. The van der Waals surface area contributed by atoms with E-state index >= 15 is 0 Å². The zero-order valence-corrected chi connectivity index (χ0v) is 15.4. The number of hydrogen-bond donors (Lipinski definition) is 0. The summed E-state index contributed by atoms with van der Waals surface area (Å²) in [6.45, 7) is 0.741. The van der Waals surface area contributed by atoms with Crippen molar-refractivity contribution in [3.63, 3.8) is 0 Å². The van der Waals surface area contributed by atoms with Gasteiger partial charge in [0.25, 0.3) is 0 Å². The normalized spacial score (nSPS) is 16.3. The Kier molecular flexibility index (Phi) is 6.57. The summed E-state index contributed by atoms with van der Waals surface area (Å²) in [5, 5.41) is 0. The van der Waals surface area contributed by atoms with Crippen LogP contribution >= 0.6 is 0 Å². The molecule has 6 rings (SSSR count). The lowest BCUT2D eigenvalue weighted by Crippen LogP contribution is -2.16. The second-order valence-electron chi connectivity index (χ2n) is 6.05. The molecule has 0 spiro atoms. The Hall–Kier alpha value is -3.68. The minimum absolute atomic E-state index is 0.100. The van der Waals surface area contributed by atoms with Crippen molar-refractivity contribution in [2.24, 2.45) is 0 Å². The van der Waals surface area contributed by atoms with Gasteiger partial charge in [0.05, 0.1) is 35.5 Å². The number of esters is 4. The zero-order valence-electron chi connectivity index (χ0n) is 15.4. The monoisotopic (exact) mass is 398 g/mol. The molecule has 8 heteroatoms. The Labute approximate surface area is 166 Å². The van der Waals surface area contributed by atoms with Crippen LogP contribution in [-0.4, -0.2) is 50.3 Å². The van der Waals surface area contributed by atoms with E-state index in [1.807, 2.05) is 0 Å². The lowest BCUT2D eigenvalue weighted by Gasteiger charge is -2.09. The molecule has 0 fully saturated rings. The standard InChI is InChI=1S/C11H10O4.C10H8O4/c12-10-8-2-3-9(5-4-8)11(13)15-7-1-6-14-10;11-9-7-1-2-8(4-3-7)10(12)14-6-5-13-9/h2-5H,1,6-7H2;1-4H,5-6H2. The van der Waals surface area contributed by atoms with Crippen LogP contribution in [0, 0.1) is 0 Å². The smallest absolute Gasteiger partial charge is 0.338 e. The van der Waals surface area contributed by atoms with Gasteiger partial charge in [-0.3, -0.25) is 0 Å². The van der Waals surface area contributed by atoms with Crippen LogP contribution in [0.25, 0.3) is 0 Å². The fourth-order valence-corrected chi connectivity index (χ4v) is 2.48. The maximum Gasteiger partial charge on any atom is 0.338 e. The number of benzene rings is 2. The molecule has 4 aliphatic heterocycles. The molecule has 0 radical (unpaired) electrons. The molecule has 29 heavy (non-hydrogen) atoms. The zero-order chi connectivity index (χ0) is 20.6. The predicted octanol–water partition coefficient (Wildman–Crippen LogP) is 2.42. The van der Waals surface area contributed by atoms with Gasteiger partial charge in [-0.25, -0.2) is 19.2 Å². The number of carbonyl (C=O) groups is 4. The third-order valence-electron chi connectivity index (χ3n) is 4.02. The van der Waals surface area contributed by atoms with E-state index in [-0.39, 0.29) is 38.4 Å². The van der Waals surface area contributed by atoms with Gasteiger partial charge < -0.3 is 18.9 Å². The molecule has 4 bridgehead atoms. The quantitative estimate of drug-likeness (QED) is 0.492. The van der Waals surface area contributed by atoms with E-state index in [4.69, 9.17) is 18.9 Å². The Bertz CT molecular complexity index is 825. The van der Waals surface area contributed by atoms with Crippen LogP contribution in [0.15, 0.2) is 48.5 Å². The van der Waals surface area contributed by atoms with E-state index in [9.17, 15) is 19.2 Å². The minimum Gasteiger partial charge on any atom is -0.462 e. The number of ether oxygens (including phenoxy) is 4. The molecule has 2 aromatic rings. The van der Waals surface area contributed by atoms with Crippen molar-refractivity contribution >= 4 is 23.9 Å². The van der Waals surface area contributed by atoms with Crippen molar-refractivity contribution in [1.82, 2.24) is 0 Å². The van der Waals surface area contributed by atoms with E-state index in [1.165, 1.54) is 0 Å². The molecule has 4 heterocycles. The molecule has 0 unspecified atom stereocenters. The molecule has 0 N–H and O–H groups in total. The second-order valence-corrected chi connectivity index (χ2v) is 6.05. The average Bonchev–Trinajstić information content (AvgIpc) is 2.80. The molecular formula is C21H18O8. The number of hydrogen-bond acceptors (Lipinski definition) is 8. The first-order valence-electron chi connectivity index (χ1n) is 8.93. The molecule has 4 aliphatic rings. The second kappa shape index (κ2) is 9.50. The molecule has 150 valence electrons. The summed E-state index contributed by atoms with van der Waals surface area (Å²) in [5.74, 6) is -1.52. The van der Waals surface area contributed by atoms with Crippen LogP contribution in [0.4, 0.5) is 0 Å². The lowest BCUT2D eigenvalue weighted by molar-refractivity contribution is 0.0260. The van der Waals surface area contributed by atoms with Crippen LogP contribution in [-0.2, 0) is 18.9 Å². The maximum atomic E-state index is 11.4. The molecule has 0 amide bonds. The fourth-order valence-electron chi connectivity index (χ4n) is 2.48. The summed E-state index contributed by atoms with van der Waals surface area (Å²) in [5.41, 5.74) is 1.80. The van der Waals surface area contributed by atoms with Gasteiger partial charge in [0.2, 0.25) is 0 Å². The first-order valence-corrected chi connectivity index (χ1v) is 8.93. The highest BCUT2D eigenvalue weighted by Crippen LogP contribution is 2.10. The molecule has 0 aliphatic carbocycles. The number of rotatable bonds is 0. The molecule has 8 nitrogen and oxygen atoms in total. The lowest BCUT2D eigenvalue weighted by atomic mass is 10.1. The van der Waals surface area contributed by atoms with Crippen molar-refractivity contribution in [3.05, 3.63) is 70.8 Å². The molecule has 0 saturated carbocycles. The molecule has 0 atom stereocenters. The number of fused-ring (bicyclic) bond motifs is 15. The van der Waals surface area contributed by atoms with Crippen molar-refractivity contribution in [1.29, 1.82) is 0 Å². The summed E-state index contributed by atoms with van der Waals surface area (Å²) in [7, 11) is 0. The van der Waals surface area contributed by atoms with Gasteiger partial charge in [0.1, 0.15) is 13.2 Å². The molecule has 2 aromatic carbocycles. The third-order valence-corrected chi connectivity index (χ3v) is 4.02. The summed E-state index contributed by atoms with van der Waals surface area (Å²) in [4.78, 5) is 45.3. The van der Waals surface area contributed by atoms with Gasteiger partial charge in [0, 0.05) is 6.42 Å². The largest absolute Gasteiger partial charge is 0.462 e. The van der Waals surface area contributed by atoms with Crippen molar-refractivity contribution < 1.29 is 38.1 Å². The van der Waals surface area contributed by atoms with Gasteiger partial charge in [-0.05, 0) is 48.5 Å². The average molecular weight is 398 g/mol.